The van der Waals surface area contributed by atoms with E-state index >= 15 is 0 Å². The maximum absolute atomic E-state index is 12.0. The van der Waals surface area contributed by atoms with Crippen LogP contribution < -0.4 is 0 Å². The van der Waals surface area contributed by atoms with E-state index in [4.69, 9.17) is 4.42 Å². The van der Waals surface area contributed by atoms with E-state index in [0.717, 1.165) is 0 Å². The van der Waals surface area contributed by atoms with E-state index in [1.54, 1.807) is 30.8 Å². The highest BCUT2D eigenvalue weighted by Crippen LogP contribution is 2.09. The summed E-state index contributed by atoms with van der Waals surface area (Å²) >= 11 is 0. The fourth-order valence-corrected chi connectivity index (χ4v) is 1.90. The van der Waals surface area contributed by atoms with Crippen molar-refractivity contribution in [2.45, 2.75) is 6.92 Å². The summed E-state index contributed by atoms with van der Waals surface area (Å²) in [4.78, 5) is 28.6. The molecule has 0 N–H and O–H groups in total. The molecule has 0 bridgehead atoms. The molecule has 3 amide bonds. The quantitative estimate of drug-likeness (QED) is 0.704. The zero-order valence-corrected chi connectivity index (χ0v) is 11.3. The predicted octanol–water partition coefficient (Wildman–Crippen LogP) is -0.183. The second-order valence-corrected chi connectivity index (χ2v) is 4.58. The first-order valence-corrected chi connectivity index (χ1v) is 6.04. The molecule has 0 aliphatic carbocycles. The van der Waals surface area contributed by atoms with Gasteiger partial charge in [-0.1, -0.05) is 0 Å². The molecule has 0 aromatic carbocycles. The highest BCUT2D eigenvalue weighted by molar-refractivity contribution is 5.89. The van der Waals surface area contributed by atoms with Gasteiger partial charge < -0.3 is 19.1 Å². The fraction of sp³-hybridized carbons (Fsp3) is 0.636. The van der Waals surface area contributed by atoms with Crippen LogP contribution in [0.1, 0.15) is 16.6 Å². The molecule has 104 valence electrons. The van der Waals surface area contributed by atoms with Gasteiger partial charge in [0.1, 0.15) is 0 Å². The number of hydrogen-bond acceptors (Lipinski definition) is 5. The summed E-state index contributed by atoms with van der Waals surface area (Å²) in [6.45, 7) is 3.60. The summed E-state index contributed by atoms with van der Waals surface area (Å²) in [6.07, 6.45) is 0. The van der Waals surface area contributed by atoms with Crippen LogP contribution in [-0.2, 0) is 0 Å². The van der Waals surface area contributed by atoms with Gasteiger partial charge in [0.15, 0.2) is 0 Å². The minimum atomic E-state index is -0.280. The van der Waals surface area contributed by atoms with Crippen molar-refractivity contribution in [2.75, 3.05) is 40.3 Å². The van der Waals surface area contributed by atoms with Gasteiger partial charge in [-0.25, -0.2) is 4.79 Å². The van der Waals surface area contributed by atoms with Crippen molar-refractivity contribution < 1.29 is 14.0 Å². The molecule has 0 spiro atoms. The van der Waals surface area contributed by atoms with Crippen LogP contribution in [0.25, 0.3) is 0 Å². The van der Waals surface area contributed by atoms with Gasteiger partial charge in [0, 0.05) is 47.2 Å². The standard InChI is InChI=1S/C11H17N5O3/c1-8-12-13-9(19-8)10(17)15-4-6-16(7-5-15)11(18)14(2)3/h4-7H2,1-3H3. The van der Waals surface area contributed by atoms with Crippen LogP contribution >= 0.6 is 0 Å². The lowest BCUT2D eigenvalue weighted by Gasteiger charge is -2.35. The minimum absolute atomic E-state index is 0.00452. The van der Waals surface area contributed by atoms with Crippen LogP contribution in [0.5, 0.6) is 0 Å². The van der Waals surface area contributed by atoms with Gasteiger partial charge in [0.05, 0.1) is 0 Å². The molecule has 2 heterocycles. The molecule has 1 aromatic rings. The van der Waals surface area contributed by atoms with Crippen LogP contribution in [0.3, 0.4) is 0 Å². The number of rotatable bonds is 1. The largest absolute Gasteiger partial charge is 0.417 e. The van der Waals surface area contributed by atoms with Crippen molar-refractivity contribution in [3.8, 4) is 0 Å². The molecule has 1 aliphatic rings. The minimum Gasteiger partial charge on any atom is -0.417 e. The molecular weight excluding hydrogens is 250 g/mol. The third kappa shape index (κ3) is 2.83. The first-order chi connectivity index (χ1) is 8.99. The van der Waals surface area contributed by atoms with E-state index < -0.39 is 0 Å². The molecular formula is C11H17N5O3. The zero-order chi connectivity index (χ0) is 14.0. The van der Waals surface area contributed by atoms with Gasteiger partial charge in [-0.2, -0.15) is 0 Å². The monoisotopic (exact) mass is 267 g/mol. The van der Waals surface area contributed by atoms with Crippen LogP contribution in [0.15, 0.2) is 4.42 Å². The van der Waals surface area contributed by atoms with Crippen molar-refractivity contribution in [1.82, 2.24) is 24.9 Å². The van der Waals surface area contributed by atoms with E-state index in [0.29, 0.717) is 32.1 Å². The molecule has 0 unspecified atom stereocenters. The van der Waals surface area contributed by atoms with E-state index in [9.17, 15) is 9.59 Å². The van der Waals surface area contributed by atoms with E-state index in [-0.39, 0.29) is 17.8 Å². The summed E-state index contributed by atoms with van der Waals surface area (Å²) in [6, 6.07) is -0.0410. The molecule has 0 atom stereocenters. The Bertz CT molecular complexity index is 476. The molecule has 0 saturated carbocycles. The molecule has 19 heavy (non-hydrogen) atoms. The maximum atomic E-state index is 12.0. The number of aryl methyl sites for hydroxylation is 1. The average Bonchev–Trinajstić information content (AvgIpc) is 2.84. The molecule has 1 saturated heterocycles. The van der Waals surface area contributed by atoms with Crippen LogP contribution in [0.4, 0.5) is 4.79 Å². The molecule has 1 fully saturated rings. The zero-order valence-electron chi connectivity index (χ0n) is 11.3. The second kappa shape index (κ2) is 5.25. The molecule has 1 aromatic heterocycles. The Hall–Kier alpha value is -2.12. The smallest absolute Gasteiger partial charge is 0.319 e. The Labute approximate surface area is 111 Å². The van der Waals surface area contributed by atoms with Gasteiger partial charge in [-0.05, 0) is 0 Å². The van der Waals surface area contributed by atoms with Crippen molar-refractivity contribution in [3.05, 3.63) is 11.8 Å². The number of piperazine rings is 1. The lowest BCUT2D eigenvalue weighted by Crippen LogP contribution is -2.52. The molecule has 2 rings (SSSR count). The summed E-state index contributed by atoms with van der Waals surface area (Å²) < 4.78 is 5.11. The number of nitrogens with zero attached hydrogens (tertiary/aromatic N) is 5. The van der Waals surface area contributed by atoms with Crippen LogP contribution in [0, 0.1) is 6.92 Å². The Morgan fingerprint density at radius 2 is 1.68 bits per heavy atom. The van der Waals surface area contributed by atoms with Crippen molar-refractivity contribution in [3.63, 3.8) is 0 Å². The number of carbonyl (C=O) groups is 2. The summed E-state index contributed by atoms with van der Waals surface area (Å²) in [5, 5.41) is 7.34. The number of carbonyl (C=O) groups excluding carboxylic acids is 2. The van der Waals surface area contributed by atoms with E-state index in [2.05, 4.69) is 10.2 Å². The van der Waals surface area contributed by atoms with Crippen molar-refractivity contribution in [1.29, 1.82) is 0 Å². The highest BCUT2D eigenvalue weighted by Gasteiger charge is 2.27. The summed E-state index contributed by atoms with van der Waals surface area (Å²) in [5.74, 6) is 0.0900. The Kier molecular flexibility index (Phi) is 3.68. The fourth-order valence-electron chi connectivity index (χ4n) is 1.90. The van der Waals surface area contributed by atoms with Gasteiger partial charge >= 0.3 is 17.8 Å². The Morgan fingerprint density at radius 1 is 1.11 bits per heavy atom. The normalized spacial score (nSPS) is 15.5. The van der Waals surface area contributed by atoms with E-state index in [1.165, 1.54) is 4.90 Å². The first-order valence-electron chi connectivity index (χ1n) is 6.04. The van der Waals surface area contributed by atoms with Gasteiger partial charge in [-0.3, -0.25) is 4.79 Å². The number of aromatic nitrogens is 2. The lowest BCUT2D eigenvalue weighted by atomic mass is 10.3. The third-order valence-electron chi connectivity index (χ3n) is 2.93. The second-order valence-electron chi connectivity index (χ2n) is 4.58. The summed E-state index contributed by atoms with van der Waals surface area (Å²) in [5.41, 5.74) is 0. The highest BCUT2D eigenvalue weighted by atomic mass is 16.4. The van der Waals surface area contributed by atoms with Crippen molar-refractivity contribution >= 4 is 11.9 Å². The molecule has 1 aliphatic heterocycles. The SMILES string of the molecule is Cc1nnc(C(=O)N2CCN(C(=O)N(C)C)CC2)o1. The Morgan fingerprint density at radius 3 is 2.16 bits per heavy atom. The lowest BCUT2D eigenvalue weighted by molar-refractivity contribution is 0.0611. The Balaban J connectivity index is 1.93. The molecule has 0 radical (unpaired) electrons. The van der Waals surface area contributed by atoms with Crippen LogP contribution in [0.2, 0.25) is 0 Å². The molecule has 8 heteroatoms. The van der Waals surface area contributed by atoms with Crippen molar-refractivity contribution in [2.24, 2.45) is 0 Å². The number of amides is 3. The topological polar surface area (TPSA) is 82.8 Å². The predicted molar refractivity (Wildman–Crippen MR) is 65.6 cm³/mol. The van der Waals surface area contributed by atoms with Gasteiger partial charge in [0.25, 0.3) is 0 Å². The average molecular weight is 267 g/mol. The molecule has 8 nitrogen and oxygen atoms in total. The van der Waals surface area contributed by atoms with Gasteiger partial charge in [-0.15, -0.1) is 10.2 Å². The van der Waals surface area contributed by atoms with Gasteiger partial charge in [0.2, 0.25) is 5.89 Å². The number of hydrogen-bond donors (Lipinski definition) is 0. The first kappa shape index (κ1) is 13.3. The number of urea groups is 1. The maximum Gasteiger partial charge on any atom is 0.319 e. The van der Waals surface area contributed by atoms with Crippen LogP contribution in [-0.4, -0.2) is 77.1 Å². The third-order valence-corrected chi connectivity index (χ3v) is 2.93. The van der Waals surface area contributed by atoms with E-state index in [1.807, 2.05) is 0 Å². The summed E-state index contributed by atoms with van der Waals surface area (Å²) in [7, 11) is 3.42.